The first-order valence-corrected chi connectivity index (χ1v) is 12.1. The highest BCUT2D eigenvalue weighted by atomic mass is 32.1. The Kier molecular flexibility index (Phi) is 6.28. The van der Waals surface area contributed by atoms with E-state index in [1.165, 1.54) is 15.4 Å². The highest BCUT2D eigenvalue weighted by molar-refractivity contribution is 7.80. The van der Waals surface area contributed by atoms with Crippen LogP contribution in [0.25, 0.3) is 11.8 Å². The number of thiocarbonyl (C=S) groups is 1. The molecule has 5 nitrogen and oxygen atoms in total. The molecule has 35 heavy (non-hydrogen) atoms. The summed E-state index contributed by atoms with van der Waals surface area (Å²) in [6.07, 6.45) is 1.69. The summed E-state index contributed by atoms with van der Waals surface area (Å²) in [6.45, 7) is 12.6. The summed E-state index contributed by atoms with van der Waals surface area (Å²) in [5.74, 6) is -0.816. The predicted octanol–water partition coefficient (Wildman–Crippen LogP) is 5.87. The van der Waals surface area contributed by atoms with Crippen LogP contribution in [-0.4, -0.2) is 33.4 Å². The lowest BCUT2D eigenvalue weighted by Gasteiger charge is -2.34. The molecule has 0 bridgehead atoms. The number of likely N-dealkylation sites (N-methyl/N-ethyl adjacent to an activating group) is 1. The van der Waals surface area contributed by atoms with Crippen LogP contribution in [0.3, 0.4) is 0 Å². The maximum Gasteiger partial charge on any atom is 0.270 e. The van der Waals surface area contributed by atoms with Crippen molar-refractivity contribution >= 4 is 40.9 Å². The van der Waals surface area contributed by atoms with E-state index in [1.807, 2.05) is 51.1 Å². The molecule has 180 valence electrons. The Morgan fingerprint density at radius 3 is 1.97 bits per heavy atom. The van der Waals surface area contributed by atoms with Gasteiger partial charge in [0.15, 0.2) is 5.11 Å². The lowest BCUT2D eigenvalue weighted by atomic mass is 9.87. The summed E-state index contributed by atoms with van der Waals surface area (Å²) in [5.41, 5.74) is 6.98. The molecule has 1 aromatic heterocycles. The average Bonchev–Trinajstić information content (AvgIpc) is 3.09. The number of hydrogen-bond donors (Lipinski definition) is 0. The van der Waals surface area contributed by atoms with Crippen molar-refractivity contribution in [3.63, 3.8) is 0 Å². The Morgan fingerprint density at radius 2 is 1.40 bits per heavy atom. The van der Waals surface area contributed by atoms with Gasteiger partial charge in [0, 0.05) is 24.1 Å². The topological polar surface area (TPSA) is 45.6 Å². The molecular formula is C29H31N3O2S. The summed E-state index contributed by atoms with van der Waals surface area (Å²) < 4.78 is 2.14. The summed E-state index contributed by atoms with van der Waals surface area (Å²) >= 11 is 5.47. The Labute approximate surface area is 212 Å². The van der Waals surface area contributed by atoms with Crippen LogP contribution in [0.2, 0.25) is 0 Å². The number of anilines is 1. The van der Waals surface area contributed by atoms with Crippen LogP contribution < -0.4 is 4.90 Å². The largest absolute Gasteiger partial charge is 0.318 e. The normalized spacial score (nSPS) is 16.0. The molecule has 0 atom stereocenters. The smallest absolute Gasteiger partial charge is 0.270 e. The maximum atomic E-state index is 13.5. The third kappa shape index (κ3) is 4.46. The second kappa shape index (κ2) is 8.93. The molecule has 1 saturated heterocycles. The summed E-state index contributed by atoms with van der Waals surface area (Å²) in [5, 5.41) is 0.172. The van der Waals surface area contributed by atoms with Crippen LogP contribution in [0.15, 0.2) is 60.2 Å². The van der Waals surface area contributed by atoms with E-state index < -0.39 is 11.8 Å². The molecule has 0 spiro atoms. The average molecular weight is 486 g/mol. The molecule has 6 heteroatoms. The first-order valence-electron chi connectivity index (χ1n) is 11.6. The minimum atomic E-state index is -0.415. The highest BCUT2D eigenvalue weighted by Crippen LogP contribution is 2.29. The molecule has 4 rings (SSSR count). The molecule has 1 aliphatic rings. The van der Waals surface area contributed by atoms with E-state index >= 15 is 0 Å². The van der Waals surface area contributed by atoms with Gasteiger partial charge in [0.2, 0.25) is 0 Å². The molecule has 2 amide bonds. The molecule has 1 fully saturated rings. The number of aromatic nitrogens is 1. The van der Waals surface area contributed by atoms with Gasteiger partial charge < -0.3 is 4.57 Å². The Morgan fingerprint density at radius 1 is 0.829 bits per heavy atom. The number of carbonyl (C=O) groups is 2. The van der Waals surface area contributed by atoms with Crippen molar-refractivity contribution in [2.45, 2.75) is 47.0 Å². The molecule has 0 radical (unpaired) electrons. The monoisotopic (exact) mass is 485 g/mol. The summed E-state index contributed by atoms with van der Waals surface area (Å²) in [6, 6.07) is 18.0. The summed E-state index contributed by atoms with van der Waals surface area (Å²) in [4.78, 5) is 29.4. The zero-order chi connectivity index (χ0) is 25.7. The first-order chi connectivity index (χ1) is 16.4. The molecular weight excluding hydrogens is 454 g/mol. The second-order valence-corrected chi connectivity index (χ2v) is 10.5. The molecule has 3 aromatic rings. The number of rotatable bonds is 3. The molecule has 2 heterocycles. The van der Waals surface area contributed by atoms with Crippen molar-refractivity contribution in [1.82, 2.24) is 9.47 Å². The van der Waals surface area contributed by atoms with Crippen LogP contribution in [0, 0.1) is 20.8 Å². The van der Waals surface area contributed by atoms with Crippen LogP contribution in [-0.2, 0) is 15.0 Å². The molecule has 0 unspecified atom stereocenters. The fourth-order valence-corrected chi connectivity index (χ4v) is 4.63. The number of aryl methyl sites for hydroxylation is 2. The van der Waals surface area contributed by atoms with Crippen LogP contribution in [0.5, 0.6) is 0 Å². The van der Waals surface area contributed by atoms with E-state index in [-0.39, 0.29) is 16.1 Å². The number of benzene rings is 2. The lowest BCUT2D eigenvalue weighted by molar-refractivity contribution is -0.127. The van der Waals surface area contributed by atoms with Crippen LogP contribution >= 0.6 is 12.2 Å². The molecule has 0 saturated carbocycles. The zero-order valence-electron chi connectivity index (χ0n) is 21.3. The first kappa shape index (κ1) is 24.6. The van der Waals surface area contributed by atoms with E-state index in [0.29, 0.717) is 5.69 Å². The number of nitrogens with zero attached hydrogens (tertiary/aromatic N) is 3. The van der Waals surface area contributed by atoms with E-state index in [0.717, 1.165) is 28.2 Å². The Bertz CT molecular complexity index is 1360. The van der Waals surface area contributed by atoms with Crippen molar-refractivity contribution in [2.75, 3.05) is 11.9 Å². The molecule has 1 aliphatic heterocycles. The van der Waals surface area contributed by atoms with Gasteiger partial charge in [-0.1, -0.05) is 50.6 Å². The van der Waals surface area contributed by atoms with Gasteiger partial charge in [-0.05, 0) is 85.9 Å². The van der Waals surface area contributed by atoms with Gasteiger partial charge in [0.1, 0.15) is 5.57 Å². The predicted molar refractivity (Wildman–Crippen MR) is 146 cm³/mol. The SMILES string of the molecule is Cc1ccc(N2C(=O)C(=Cc3cc(C)n(-c4ccc(C(C)(C)C)cc4)c3C)C(=O)N(C)C2=S)cc1. The maximum absolute atomic E-state index is 13.5. The molecule has 0 N–H and O–H groups in total. The number of amides is 2. The van der Waals surface area contributed by atoms with Gasteiger partial charge in [-0.3, -0.25) is 19.4 Å². The molecule has 2 aromatic carbocycles. The van der Waals surface area contributed by atoms with Gasteiger partial charge in [0.25, 0.3) is 11.8 Å². The van der Waals surface area contributed by atoms with E-state index in [9.17, 15) is 9.59 Å². The highest BCUT2D eigenvalue weighted by Gasteiger charge is 2.38. The quantitative estimate of drug-likeness (QED) is 0.265. The van der Waals surface area contributed by atoms with Crippen LogP contribution in [0.4, 0.5) is 5.69 Å². The van der Waals surface area contributed by atoms with Crippen molar-refractivity contribution in [3.05, 3.63) is 88.2 Å². The fourth-order valence-electron chi connectivity index (χ4n) is 4.36. The van der Waals surface area contributed by atoms with E-state index in [1.54, 1.807) is 13.1 Å². The third-order valence-corrected chi connectivity index (χ3v) is 6.96. The minimum Gasteiger partial charge on any atom is -0.318 e. The van der Waals surface area contributed by atoms with Gasteiger partial charge in [-0.15, -0.1) is 0 Å². The van der Waals surface area contributed by atoms with Crippen molar-refractivity contribution in [3.8, 4) is 5.69 Å². The zero-order valence-corrected chi connectivity index (χ0v) is 22.2. The van der Waals surface area contributed by atoms with Gasteiger partial charge >= 0.3 is 0 Å². The van der Waals surface area contributed by atoms with Crippen LogP contribution in [0.1, 0.15) is 48.8 Å². The van der Waals surface area contributed by atoms with Gasteiger partial charge in [-0.25, -0.2) is 0 Å². The fraction of sp³-hybridized carbons (Fsp3) is 0.276. The molecule has 0 aliphatic carbocycles. The lowest BCUT2D eigenvalue weighted by Crippen LogP contribution is -2.54. The Balaban J connectivity index is 1.75. The van der Waals surface area contributed by atoms with Gasteiger partial charge in [-0.2, -0.15) is 0 Å². The van der Waals surface area contributed by atoms with E-state index in [2.05, 4.69) is 49.6 Å². The van der Waals surface area contributed by atoms with Gasteiger partial charge in [0.05, 0.1) is 5.69 Å². The van der Waals surface area contributed by atoms with Crippen molar-refractivity contribution < 1.29 is 9.59 Å². The minimum absolute atomic E-state index is 0.0759. The number of carbonyl (C=O) groups excluding carboxylic acids is 2. The standard InChI is InChI=1S/C29H31N3O2S/c1-18-8-12-24(13-9-18)32-27(34)25(26(33)30(7)28(32)35)17-21-16-19(2)31(20(21)3)23-14-10-22(11-15-23)29(4,5)6/h8-17H,1-7H3. The van der Waals surface area contributed by atoms with E-state index in [4.69, 9.17) is 12.2 Å². The summed E-state index contributed by atoms with van der Waals surface area (Å²) in [7, 11) is 1.60. The Hall–Kier alpha value is -3.51. The van der Waals surface area contributed by atoms with Crippen molar-refractivity contribution in [1.29, 1.82) is 0 Å². The number of hydrogen-bond acceptors (Lipinski definition) is 3. The third-order valence-electron chi connectivity index (χ3n) is 6.50. The second-order valence-electron chi connectivity index (χ2n) is 10.1. The van der Waals surface area contributed by atoms with Crippen molar-refractivity contribution in [2.24, 2.45) is 0 Å².